The summed E-state index contributed by atoms with van der Waals surface area (Å²) in [6, 6.07) is 2.83. The molecule has 0 aliphatic heterocycles. The summed E-state index contributed by atoms with van der Waals surface area (Å²) in [6.45, 7) is 2.50. The molecule has 0 spiro atoms. The number of guanidine groups is 1. The van der Waals surface area contributed by atoms with Gasteiger partial charge < -0.3 is 11.1 Å². The van der Waals surface area contributed by atoms with Gasteiger partial charge in [0.2, 0.25) is 5.96 Å². The average Bonchev–Trinajstić information content (AvgIpc) is 2.27. The third-order valence-corrected chi connectivity index (χ3v) is 1.89. The fraction of sp³-hybridized carbons (Fsp3) is 0.300. The number of nitrogens with two attached hydrogens (primary N) is 1. The van der Waals surface area contributed by atoms with Crippen molar-refractivity contribution in [2.45, 2.75) is 13.3 Å². The van der Waals surface area contributed by atoms with E-state index in [0.29, 0.717) is 12.2 Å². The number of carbonyl (C=O) groups excluding carboxylic acids is 1. The maximum atomic E-state index is 11.7. The van der Waals surface area contributed by atoms with E-state index in [-0.39, 0.29) is 5.96 Å². The maximum Gasteiger partial charge on any atom is 0.328 e. The van der Waals surface area contributed by atoms with Crippen LogP contribution in [0.5, 0.6) is 0 Å². The molecular formula is C10H15N5O. The zero-order valence-electron chi connectivity index (χ0n) is 9.10. The van der Waals surface area contributed by atoms with Crippen LogP contribution in [0.4, 0.5) is 10.5 Å². The second kappa shape index (κ2) is 5.69. The van der Waals surface area contributed by atoms with E-state index in [2.05, 4.69) is 10.3 Å². The standard InChI is InChI=1S/C10H15N5O/c1-2-5-14-10(16)15(9(11)12)8-3-6-13-7-4-8/h3-4,6-7H,2,5H2,1H3,(H3,11,12)(H,14,16). The molecule has 6 heteroatoms. The summed E-state index contributed by atoms with van der Waals surface area (Å²) in [5.41, 5.74) is 5.89. The molecule has 0 aliphatic carbocycles. The summed E-state index contributed by atoms with van der Waals surface area (Å²) in [5.74, 6) is -0.320. The van der Waals surface area contributed by atoms with Gasteiger partial charge in [-0.15, -0.1) is 0 Å². The lowest BCUT2D eigenvalue weighted by Gasteiger charge is -2.20. The summed E-state index contributed by atoms with van der Waals surface area (Å²) in [4.78, 5) is 16.7. The fourth-order valence-electron chi connectivity index (χ4n) is 1.17. The Balaban J connectivity index is 2.84. The van der Waals surface area contributed by atoms with Crippen molar-refractivity contribution in [1.82, 2.24) is 10.3 Å². The van der Waals surface area contributed by atoms with Crippen LogP contribution in [0.25, 0.3) is 0 Å². The van der Waals surface area contributed by atoms with Crippen molar-refractivity contribution in [3.8, 4) is 0 Å². The Morgan fingerprint density at radius 1 is 1.56 bits per heavy atom. The van der Waals surface area contributed by atoms with Crippen molar-refractivity contribution >= 4 is 17.7 Å². The summed E-state index contributed by atoms with van der Waals surface area (Å²) in [6.07, 6.45) is 3.91. The molecule has 0 radical (unpaired) electrons. The molecular weight excluding hydrogens is 206 g/mol. The van der Waals surface area contributed by atoms with Crippen molar-refractivity contribution in [2.75, 3.05) is 11.4 Å². The minimum atomic E-state index is -0.402. The Kier molecular flexibility index (Phi) is 4.26. The predicted molar refractivity (Wildman–Crippen MR) is 62.3 cm³/mol. The Hall–Kier alpha value is -2.11. The van der Waals surface area contributed by atoms with Crippen LogP contribution < -0.4 is 16.0 Å². The van der Waals surface area contributed by atoms with Gasteiger partial charge >= 0.3 is 6.03 Å². The normalized spacial score (nSPS) is 9.56. The second-order valence-electron chi connectivity index (χ2n) is 3.16. The fourth-order valence-corrected chi connectivity index (χ4v) is 1.17. The second-order valence-corrected chi connectivity index (χ2v) is 3.16. The molecule has 4 N–H and O–H groups in total. The summed E-state index contributed by atoms with van der Waals surface area (Å²) < 4.78 is 0. The molecule has 6 nitrogen and oxygen atoms in total. The highest BCUT2D eigenvalue weighted by molar-refractivity contribution is 6.13. The van der Waals surface area contributed by atoms with Gasteiger partial charge in [0.15, 0.2) is 0 Å². The monoisotopic (exact) mass is 221 g/mol. The van der Waals surface area contributed by atoms with Gasteiger partial charge in [-0.3, -0.25) is 10.4 Å². The number of pyridine rings is 1. The van der Waals surface area contributed by atoms with Crippen LogP contribution in [0.1, 0.15) is 13.3 Å². The van der Waals surface area contributed by atoms with E-state index in [4.69, 9.17) is 11.1 Å². The highest BCUT2D eigenvalue weighted by Gasteiger charge is 2.17. The van der Waals surface area contributed by atoms with Crippen LogP contribution in [0, 0.1) is 5.41 Å². The molecule has 0 aliphatic rings. The number of urea groups is 1. The van der Waals surface area contributed by atoms with Crippen molar-refractivity contribution in [3.63, 3.8) is 0 Å². The van der Waals surface area contributed by atoms with E-state index in [9.17, 15) is 4.79 Å². The van der Waals surface area contributed by atoms with Crippen molar-refractivity contribution in [2.24, 2.45) is 5.73 Å². The topological polar surface area (TPSA) is 95.1 Å². The lowest BCUT2D eigenvalue weighted by atomic mass is 10.3. The van der Waals surface area contributed by atoms with Crippen LogP contribution in [-0.2, 0) is 0 Å². The first-order chi connectivity index (χ1) is 7.66. The molecule has 2 amide bonds. The molecule has 86 valence electrons. The molecule has 0 saturated carbocycles. The largest absolute Gasteiger partial charge is 0.369 e. The molecule has 0 atom stereocenters. The average molecular weight is 221 g/mol. The number of nitrogens with one attached hydrogen (secondary N) is 2. The number of carbonyl (C=O) groups is 1. The van der Waals surface area contributed by atoms with E-state index in [1.807, 2.05) is 6.92 Å². The first kappa shape index (κ1) is 12.0. The Morgan fingerprint density at radius 2 is 2.19 bits per heavy atom. The SMILES string of the molecule is CCCNC(=O)N(C(=N)N)c1ccncc1. The van der Waals surface area contributed by atoms with Crippen molar-refractivity contribution in [1.29, 1.82) is 5.41 Å². The lowest BCUT2D eigenvalue weighted by Crippen LogP contribution is -2.47. The molecule has 1 heterocycles. The maximum absolute atomic E-state index is 11.7. The summed E-state index contributed by atoms with van der Waals surface area (Å²) in [7, 11) is 0. The molecule has 0 saturated heterocycles. The Labute approximate surface area is 94.0 Å². The van der Waals surface area contributed by atoms with E-state index in [0.717, 1.165) is 11.3 Å². The lowest BCUT2D eigenvalue weighted by molar-refractivity contribution is 0.249. The third kappa shape index (κ3) is 2.94. The summed E-state index contributed by atoms with van der Waals surface area (Å²) >= 11 is 0. The van der Waals surface area contributed by atoms with Crippen LogP contribution in [0.2, 0.25) is 0 Å². The molecule has 1 aromatic rings. The minimum absolute atomic E-state index is 0.320. The van der Waals surface area contributed by atoms with E-state index in [1.54, 1.807) is 24.5 Å². The first-order valence-electron chi connectivity index (χ1n) is 4.98. The highest BCUT2D eigenvalue weighted by Crippen LogP contribution is 2.11. The third-order valence-electron chi connectivity index (χ3n) is 1.89. The minimum Gasteiger partial charge on any atom is -0.369 e. The number of hydrogen-bond donors (Lipinski definition) is 3. The van der Waals surface area contributed by atoms with Gasteiger partial charge in [0, 0.05) is 18.9 Å². The van der Waals surface area contributed by atoms with Gasteiger partial charge in [-0.2, -0.15) is 0 Å². The van der Waals surface area contributed by atoms with Gasteiger partial charge in [-0.05, 0) is 18.6 Å². The van der Waals surface area contributed by atoms with E-state index >= 15 is 0 Å². The van der Waals surface area contributed by atoms with E-state index < -0.39 is 6.03 Å². The predicted octanol–water partition coefficient (Wildman–Crippen LogP) is 0.901. The van der Waals surface area contributed by atoms with Crippen LogP contribution >= 0.6 is 0 Å². The highest BCUT2D eigenvalue weighted by atomic mass is 16.2. The number of aromatic nitrogens is 1. The molecule has 0 aromatic carbocycles. The van der Waals surface area contributed by atoms with Crippen LogP contribution in [-0.4, -0.2) is 23.5 Å². The molecule has 1 rings (SSSR count). The molecule has 0 bridgehead atoms. The zero-order chi connectivity index (χ0) is 12.0. The van der Waals surface area contributed by atoms with Crippen molar-refractivity contribution in [3.05, 3.63) is 24.5 Å². The number of rotatable bonds is 3. The molecule has 1 aromatic heterocycles. The summed E-state index contributed by atoms with van der Waals surface area (Å²) in [5, 5.41) is 10.0. The van der Waals surface area contributed by atoms with Gasteiger partial charge in [0.1, 0.15) is 0 Å². The van der Waals surface area contributed by atoms with Gasteiger partial charge in [-0.25, -0.2) is 9.69 Å². The quantitative estimate of drug-likeness (QED) is 0.522. The molecule has 0 fully saturated rings. The Morgan fingerprint density at radius 3 is 2.69 bits per heavy atom. The first-order valence-corrected chi connectivity index (χ1v) is 4.98. The van der Waals surface area contributed by atoms with Gasteiger partial charge in [0.05, 0.1) is 5.69 Å². The smallest absolute Gasteiger partial charge is 0.328 e. The number of hydrogen-bond acceptors (Lipinski definition) is 3. The Bertz CT molecular complexity index is 365. The van der Waals surface area contributed by atoms with Crippen molar-refractivity contribution < 1.29 is 4.79 Å². The zero-order valence-corrected chi connectivity index (χ0v) is 9.10. The number of anilines is 1. The van der Waals surface area contributed by atoms with Crippen LogP contribution in [0.15, 0.2) is 24.5 Å². The van der Waals surface area contributed by atoms with Gasteiger partial charge in [0.25, 0.3) is 0 Å². The van der Waals surface area contributed by atoms with E-state index in [1.165, 1.54) is 0 Å². The molecule has 16 heavy (non-hydrogen) atoms. The number of amides is 2. The van der Waals surface area contributed by atoms with Crippen LogP contribution in [0.3, 0.4) is 0 Å². The molecule has 0 unspecified atom stereocenters. The van der Waals surface area contributed by atoms with Gasteiger partial charge in [-0.1, -0.05) is 6.92 Å². The number of nitrogens with zero attached hydrogens (tertiary/aromatic N) is 2.